The van der Waals surface area contributed by atoms with Gasteiger partial charge in [0, 0.05) is 13.5 Å². The molecule has 3 rings (SSSR count). The van der Waals surface area contributed by atoms with Crippen LogP contribution in [-0.4, -0.2) is 28.9 Å². The number of hydrogen-bond acceptors (Lipinski definition) is 3. The van der Waals surface area contributed by atoms with Crippen LogP contribution in [0.15, 0.2) is 48.5 Å². The molecule has 0 N–H and O–H groups in total. The summed E-state index contributed by atoms with van der Waals surface area (Å²) in [5.74, 6) is -1.09. The summed E-state index contributed by atoms with van der Waals surface area (Å²) in [6.07, 6.45) is 0.718. The number of amides is 1. The van der Waals surface area contributed by atoms with Gasteiger partial charge in [0.25, 0.3) is 5.91 Å². The first-order valence-electron chi connectivity index (χ1n) is 8.63. The number of carbonyl (C=O) groups excluding carboxylic acids is 2. The van der Waals surface area contributed by atoms with Gasteiger partial charge in [0.1, 0.15) is 5.82 Å². The van der Waals surface area contributed by atoms with Crippen molar-refractivity contribution in [1.29, 1.82) is 0 Å². The van der Waals surface area contributed by atoms with Crippen LogP contribution in [0.25, 0.3) is 0 Å². The smallest absolute Gasteiger partial charge is 0.303 e. The number of esters is 1. The van der Waals surface area contributed by atoms with E-state index in [1.54, 1.807) is 30.9 Å². The second-order valence-electron chi connectivity index (χ2n) is 7.01. The fourth-order valence-electron chi connectivity index (χ4n) is 3.54. The zero-order valence-electron chi connectivity index (χ0n) is 15.2. The Morgan fingerprint density at radius 1 is 1.12 bits per heavy atom. The maximum absolute atomic E-state index is 13.4. The predicted molar refractivity (Wildman–Crippen MR) is 95.9 cm³/mol. The summed E-state index contributed by atoms with van der Waals surface area (Å²) in [5, 5.41) is 0. The standard InChI is InChI=1S/C21H22FNO3/c1-14(24)26-21(2,3)20(25)23-13-12-15-6-4-5-7-18(15)19(23)16-8-10-17(22)11-9-16/h4-11,19H,12-13H2,1-3H3. The van der Waals surface area contributed by atoms with E-state index in [2.05, 4.69) is 0 Å². The van der Waals surface area contributed by atoms with Crippen LogP contribution in [0.5, 0.6) is 0 Å². The third-order valence-electron chi connectivity index (χ3n) is 4.64. The fourth-order valence-corrected chi connectivity index (χ4v) is 3.54. The van der Waals surface area contributed by atoms with Crippen LogP contribution in [0.4, 0.5) is 4.39 Å². The highest BCUT2D eigenvalue weighted by atomic mass is 19.1. The van der Waals surface area contributed by atoms with Crippen LogP contribution in [0.2, 0.25) is 0 Å². The van der Waals surface area contributed by atoms with Gasteiger partial charge in [-0.25, -0.2) is 4.39 Å². The van der Waals surface area contributed by atoms with Gasteiger partial charge in [-0.05, 0) is 49.1 Å². The quantitative estimate of drug-likeness (QED) is 0.790. The van der Waals surface area contributed by atoms with E-state index < -0.39 is 11.6 Å². The van der Waals surface area contributed by atoms with Gasteiger partial charge >= 0.3 is 5.97 Å². The summed E-state index contributed by atoms with van der Waals surface area (Å²) < 4.78 is 18.7. The average Bonchev–Trinajstić information content (AvgIpc) is 2.60. The highest BCUT2D eigenvalue weighted by Gasteiger charge is 2.41. The number of nitrogens with zero attached hydrogens (tertiary/aromatic N) is 1. The summed E-state index contributed by atoms with van der Waals surface area (Å²) in [6.45, 7) is 4.98. The van der Waals surface area contributed by atoms with Crippen molar-refractivity contribution in [1.82, 2.24) is 4.90 Å². The lowest BCUT2D eigenvalue weighted by Gasteiger charge is -2.41. The van der Waals surface area contributed by atoms with E-state index in [1.165, 1.54) is 19.1 Å². The maximum Gasteiger partial charge on any atom is 0.303 e. The maximum atomic E-state index is 13.4. The van der Waals surface area contributed by atoms with Crippen LogP contribution >= 0.6 is 0 Å². The number of carbonyl (C=O) groups is 2. The summed E-state index contributed by atoms with van der Waals surface area (Å²) in [5.41, 5.74) is 1.73. The second-order valence-corrected chi connectivity index (χ2v) is 7.01. The number of fused-ring (bicyclic) bond motifs is 1. The molecule has 0 saturated heterocycles. The van der Waals surface area contributed by atoms with Crippen molar-refractivity contribution < 1.29 is 18.7 Å². The Kier molecular flexibility index (Phi) is 4.81. The second kappa shape index (κ2) is 6.90. The SMILES string of the molecule is CC(=O)OC(C)(C)C(=O)N1CCc2ccccc2C1c1ccc(F)cc1. The summed E-state index contributed by atoms with van der Waals surface area (Å²) in [6, 6.07) is 13.8. The van der Waals surface area contributed by atoms with Gasteiger partial charge < -0.3 is 9.64 Å². The molecule has 1 aliphatic heterocycles. The highest BCUT2D eigenvalue weighted by Crippen LogP contribution is 2.36. The first-order valence-corrected chi connectivity index (χ1v) is 8.63. The van der Waals surface area contributed by atoms with E-state index in [0.717, 1.165) is 23.1 Å². The van der Waals surface area contributed by atoms with E-state index in [4.69, 9.17) is 4.74 Å². The molecule has 2 aromatic rings. The summed E-state index contributed by atoms with van der Waals surface area (Å²) >= 11 is 0. The minimum Gasteiger partial charge on any atom is -0.450 e. The molecule has 136 valence electrons. The van der Waals surface area contributed by atoms with Crippen LogP contribution in [-0.2, 0) is 20.7 Å². The van der Waals surface area contributed by atoms with Crippen molar-refractivity contribution in [3.63, 3.8) is 0 Å². The Balaban J connectivity index is 2.05. The molecule has 0 saturated carbocycles. The first-order chi connectivity index (χ1) is 12.3. The predicted octanol–water partition coefficient (Wildman–Crippen LogP) is 3.64. The van der Waals surface area contributed by atoms with E-state index in [1.807, 2.05) is 24.3 Å². The van der Waals surface area contributed by atoms with Crippen molar-refractivity contribution in [2.24, 2.45) is 0 Å². The fraction of sp³-hybridized carbons (Fsp3) is 0.333. The lowest BCUT2D eigenvalue weighted by Crippen LogP contribution is -2.51. The number of benzene rings is 2. The minimum atomic E-state index is -1.27. The molecule has 0 fully saturated rings. The molecule has 2 aromatic carbocycles. The van der Waals surface area contributed by atoms with Gasteiger partial charge in [-0.3, -0.25) is 9.59 Å². The third-order valence-corrected chi connectivity index (χ3v) is 4.64. The van der Waals surface area contributed by atoms with Crippen LogP contribution in [0.1, 0.15) is 43.5 Å². The van der Waals surface area contributed by atoms with Gasteiger partial charge in [0.05, 0.1) is 6.04 Å². The number of halogens is 1. The molecule has 0 aliphatic carbocycles. The van der Waals surface area contributed by atoms with E-state index in [9.17, 15) is 14.0 Å². The third kappa shape index (κ3) is 3.47. The normalized spacial score (nSPS) is 16.8. The topological polar surface area (TPSA) is 46.6 Å². The molecule has 26 heavy (non-hydrogen) atoms. The van der Waals surface area contributed by atoms with E-state index in [0.29, 0.717) is 6.54 Å². The largest absolute Gasteiger partial charge is 0.450 e. The molecule has 1 aliphatic rings. The van der Waals surface area contributed by atoms with E-state index in [-0.39, 0.29) is 17.8 Å². The molecule has 1 atom stereocenters. The number of hydrogen-bond donors (Lipinski definition) is 0. The summed E-state index contributed by atoms with van der Waals surface area (Å²) in [4.78, 5) is 26.3. The highest BCUT2D eigenvalue weighted by molar-refractivity contribution is 5.87. The Hall–Kier alpha value is -2.69. The zero-order valence-corrected chi connectivity index (χ0v) is 15.2. The minimum absolute atomic E-state index is 0.267. The van der Waals surface area contributed by atoms with Crippen molar-refractivity contribution in [2.75, 3.05) is 6.54 Å². The Morgan fingerprint density at radius 3 is 2.42 bits per heavy atom. The molecule has 1 heterocycles. The van der Waals surface area contributed by atoms with Crippen LogP contribution < -0.4 is 0 Å². The first kappa shape index (κ1) is 18.1. The molecule has 0 aromatic heterocycles. The number of ether oxygens (including phenoxy) is 1. The van der Waals surface area contributed by atoms with Crippen molar-refractivity contribution >= 4 is 11.9 Å². The summed E-state index contributed by atoms with van der Waals surface area (Å²) in [7, 11) is 0. The van der Waals surface area contributed by atoms with Crippen LogP contribution in [0, 0.1) is 5.82 Å². The molecule has 1 amide bonds. The average molecular weight is 355 g/mol. The Labute approximate surface area is 152 Å². The molecule has 0 bridgehead atoms. The zero-order chi connectivity index (χ0) is 18.9. The Bertz CT molecular complexity index is 829. The molecule has 5 heteroatoms. The molecule has 1 unspecified atom stereocenters. The van der Waals surface area contributed by atoms with Crippen molar-refractivity contribution in [3.05, 3.63) is 71.0 Å². The molecular formula is C21H22FNO3. The van der Waals surface area contributed by atoms with Crippen LogP contribution in [0.3, 0.4) is 0 Å². The number of rotatable bonds is 3. The van der Waals surface area contributed by atoms with Gasteiger partial charge in [0.2, 0.25) is 0 Å². The molecule has 0 spiro atoms. The van der Waals surface area contributed by atoms with Crippen molar-refractivity contribution in [3.8, 4) is 0 Å². The van der Waals surface area contributed by atoms with Gasteiger partial charge in [-0.2, -0.15) is 0 Å². The van der Waals surface area contributed by atoms with Gasteiger partial charge in [-0.1, -0.05) is 36.4 Å². The molecule has 4 nitrogen and oxygen atoms in total. The Morgan fingerprint density at radius 2 is 1.77 bits per heavy atom. The van der Waals surface area contributed by atoms with Crippen molar-refractivity contribution in [2.45, 2.75) is 38.8 Å². The van der Waals surface area contributed by atoms with E-state index >= 15 is 0 Å². The lowest BCUT2D eigenvalue weighted by atomic mass is 9.87. The van der Waals surface area contributed by atoms with Gasteiger partial charge in [0.15, 0.2) is 5.60 Å². The lowest BCUT2D eigenvalue weighted by molar-refractivity contribution is -0.169. The molecule has 0 radical (unpaired) electrons. The molecular weight excluding hydrogens is 333 g/mol. The monoisotopic (exact) mass is 355 g/mol. The van der Waals surface area contributed by atoms with Gasteiger partial charge in [-0.15, -0.1) is 0 Å².